The van der Waals surface area contributed by atoms with Crippen LogP contribution in [0.4, 0.5) is 11.4 Å². The predicted molar refractivity (Wildman–Crippen MR) is 92.0 cm³/mol. The number of aryl methyl sites for hydroxylation is 2. The molecule has 0 saturated carbocycles. The van der Waals surface area contributed by atoms with Crippen molar-refractivity contribution in [3.8, 4) is 0 Å². The van der Waals surface area contributed by atoms with Crippen LogP contribution in [-0.2, 0) is 17.6 Å². The number of nitrogens with zero attached hydrogens (tertiary/aromatic N) is 1. The Balaban J connectivity index is 1.71. The van der Waals surface area contributed by atoms with Crippen molar-refractivity contribution >= 4 is 29.0 Å². The molecule has 0 aromatic heterocycles. The van der Waals surface area contributed by atoms with E-state index < -0.39 is 0 Å². The molecule has 0 unspecified atom stereocenters. The number of hydrogen-bond acceptors (Lipinski definition) is 3. The lowest BCUT2D eigenvalue weighted by Crippen LogP contribution is -2.27. The van der Waals surface area contributed by atoms with Gasteiger partial charge in [-0.15, -0.1) is 11.8 Å². The zero-order valence-electron chi connectivity index (χ0n) is 12.3. The van der Waals surface area contributed by atoms with Gasteiger partial charge in [0.15, 0.2) is 0 Å². The molecule has 1 aliphatic heterocycles. The van der Waals surface area contributed by atoms with Crippen LogP contribution in [0.5, 0.6) is 0 Å². The third kappa shape index (κ3) is 2.28. The SMILES string of the molecule is Nc1ccc([C@H]2SCC(=O)N2c2ccc3c(c2)CCC3)cc1. The van der Waals surface area contributed by atoms with E-state index in [0.717, 1.165) is 23.4 Å². The van der Waals surface area contributed by atoms with E-state index >= 15 is 0 Å². The first kappa shape index (κ1) is 13.7. The summed E-state index contributed by atoms with van der Waals surface area (Å²) >= 11 is 1.68. The zero-order valence-corrected chi connectivity index (χ0v) is 13.1. The molecule has 0 radical (unpaired) electrons. The molecular formula is C18H18N2OS. The molecule has 2 aromatic carbocycles. The Hall–Kier alpha value is -1.94. The number of anilines is 2. The highest BCUT2D eigenvalue weighted by atomic mass is 32.2. The normalized spacial score (nSPS) is 20.5. The van der Waals surface area contributed by atoms with Crippen molar-refractivity contribution < 1.29 is 4.79 Å². The third-order valence-corrected chi connectivity index (χ3v) is 5.66. The molecule has 2 aromatic rings. The largest absolute Gasteiger partial charge is 0.399 e. The Bertz CT molecular complexity index is 726. The van der Waals surface area contributed by atoms with Crippen LogP contribution in [0.3, 0.4) is 0 Å². The van der Waals surface area contributed by atoms with Crippen LogP contribution >= 0.6 is 11.8 Å². The summed E-state index contributed by atoms with van der Waals surface area (Å²) in [5.41, 5.74) is 11.5. The second-order valence-corrected chi connectivity index (χ2v) is 6.97. The number of rotatable bonds is 2. The molecule has 1 heterocycles. The summed E-state index contributed by atoms with van der Waals surface area (Å²) in [6, 6.07) is 14.3. The monoisotopic (exact) mass is 310 g/mol. The second-order valence-electron chi connectivity index (χ2n) is 5.90. The Kier molecular flexibility index (Phi) is 3.34. The van der Waals surface area contributed by atoms with Crippen molar-refractivity contribution in [2.75, 3.05) is 16.4 Å². The summed E-state index contributed by atoms with van der Waals surface area (Å²) < 4.78 is 0. The van der Waals surface area contributed by atoms with Crippen molar-refractivity contribution in [3.63, 3.8) is 0 Å². The van der Waals surface area contributed by atoms with E-state index in [9.17, 15) is 4.79 Å². The van der Waals surface area contributed by atoms with Crippen LogP contribution in [0.2, 0.25) is 0 Å². The second kappa shape index (κ2) is 5.36. The lowest BCUT2D eigenvalue weighted by molar-refractivity contribution is -0.115. The predicted octanol–water partition coefficient (Wildman–Crippen LogP) is 3.54. The number of amides is 1. The lowest BCUT2D eigenvalue weighted by Gasteiger charge is -2.25. The van der Waals surface area contributed by atoms with Crippen molar-refractivity contribution in [1.82, 2.24) is 0 Å². The van der Waals surface area contributed by atoms with E-state index in [2.05, 4.69) is 18.2 Å². The molecule has 4 heteroatoms. The van der Waals surface area contributed by atoms with Crippen molar-refractivity contribution in [2.24, 2.45) is 0 Å². The summed E-state index contributed by atoms with van der Waals surface area (Å²) in [4.78, 5) is 14.3. The maximum Gasteiger partial charge on any atom is 0.238 e. The number of nitrogen functional groups attached to an aromatic ring is 1. The molecule has 3 nitrogen and oxygen atoms in total. The van der Waals surface area contributed by atoms with Gasteiger partial charge in [-0.05, 0) is 60.2 Å². The van der Waals surface area contributed by atoms with Gasteiger partial charge < -0.3 is 5.73 Å². The topological polar surface area (TPSA) is 46.3 Å². The van der Waals surface area contributed by atoms with Crippen molar-refractivity contribution in [3.05, 3.63) is 59.2 Å². The first-order valence-electron chi connectivity index (χ1n) is 7.63. The molecule has 1 aliphatic carbocycles. The van der Waals surface area contributed by atoms with Gasteiger partial charge in [0.05, 0.1) is 5.75 Å². The highest BCUT2D eigenvalue weighted by Crippen LogP contribution is 2.42. The third-order valence-electron chi connectivity index (χ3n) is 4.45. The Labute approximate surface area is 134 Å². The fraction of sp³-hybridized carbons (Fsp3) is 0.278. The van der Waals surface area contributed by atoms with Gasteiger partial charge in [-0.25, -0.2) is 0 Å². The van der Waals surface area contributed by atoms with Crippen LogP contribution in [0, 0.1) is 0 Å². The highest BCUT2D eigenvalue weighted by Gasteiger charge is 2.34. The molecule has 2 aliphatic rings. The first-order chi connectivity index (χ1) is 10.7. The Morgan fingerprint density at radius 1 is 1.05 bits per heavy atom. The molecule has 22 heavy (non-hydrogen) atoms. The smallest absolute Gasteiger partial charge is 0.238 e. The molecular weight excluding hydrogens is 292 g/mol. The van der Waals surface area contributed by atoms with Crippen LogP contribution < -0.4 is 10.6 Å². The number of fused-ring (bicyclic) bond motifs is 1. The number of thioether (sulfide) groups is 1. The van der Waals surface area contributed by atoms with Gasteiger partial charge in [0.2, 0.25) is 5.91 Å². The summed E-state index contributed by atoms with van der Waals surface area (Å²) in [6.45, 7) is 0. The minimum atomic E-state index is 0.0487. The molecule has 1 amide bonds. The van der Waals surface area contributed by atoms with E-state index in [-0.39, 0.29) is 11.3 Å². The average molecular weight is 310 g/mol. The lowest BCUT2D eigenvalue weighted by atomic mass is 10.1. The van der Waals surface area contributed by atoms with E-state index in [0.29, 0.717) is 5.75 Å². The summed E-state index contributed by atoms with van der Waals surface area (Å²) in [5.74, 6) is 0.719. The zero-order chi connectivity index (χ0) is 15.1. The Morgan fingerprint density at radius 2 is 1.82 bits per heavy atom. The van der Waals surface area contributed by atoms with E-state index in [1.165, 1.54) is 24.0 Å². The molecule has 112 valence electrons. The maximum absolute atomic E-state index is 12.4. The van der Waals surface area contributed by atoms with Crippen LogP contribution in [0.25, 0.3) is 0 Å². The minimum absolute atomic E-state index is 0.0487. The fourth-order valence-electron chi connectivity index (χ4n) is 3.32. The van der Waals surface area contributed by atoms with Crippen LogP contribution in [-0.4, -0.2) is 11.7 Å². The quantitative estimate of drug-likeness (QED) is 0.863. The molecule has 2 N–H and O–H groups in total. The van der Waals surface area contributed by atoms with Crippen molar-refractivity contribution in [1.29, 1.82) is 0 Å². The van der Waals surface area contributed by atoms with E-state index in [1.54, 1.807) is 11.8 Å². The molecule has 0 spiro atoms. The fourth-order valence-corrected chi connectivity index (χ4v) is 4.50. The molecule has 1 saturated heterocycles. The van der Waals surface area contributed by atoms with Crippen LogP contribution in [0.1, 0.15) is 28.5 Å². The van der Waals surface area contributed by atoms with Gasteiger partial charge in [-0.2, -0.15) is 0 Å². The molecule has 1 atom stereocenters. The maximum atomic E-state index is 12.4. The average Bonchev–Trinajstić information content (AvgIpc) is 3.13. The van der Waals surface area contributed by atoms with E-state index in [1.807, 2.05) is 29.2 Å². The first-order valence-corrected chi connectivity index (χ1v) is 8.68. The minimum Gasteiger partial charge on any atom is -0.399 e. The molecule has 1 fully saturated rings. The summed E-state index contributed by atoms with van der Waals surface area (Å²) in [7, 11) is 0. The van der Waals surface area contributed by atoms with Gasteiger partial charge in [-0.3, -0.25) is 9.69 Å². The Morgan fingerprint density at radius 3 is 2.64 bits per heavy atom. The molecule has 4 rings (SSSR count). The summed E-state index contributed by atoms with van der Waals surface area (Å²) in [6.07, 6.45) is 3.52. The highest BCUT2D eigenvalue weighted by molar-refractivity contribution is 8.00. The number of benzene rings is 2. The van der Waals surface area contributed by atoms with Crippen molar-refractivity contribution in [2.45, 2.75) is 24.6 Å². The number of carbonyl (C=O) groups is 1. The van der Waals surface area contributed by atoms with Gasteiger partial charge in [0.1, 0.15) is 5.37 Å². The standard InChI is InChI=1S/C18H18N2OS/c19-15-7-4-13(5-8-15)18-20(17(21)11-22-18)16-9-6-12-2-1-3-14(12)10-16/h4-10,18H,1-3,11,19H2/t18-/m1/s1. The molecule has 0 bridgehead atoms. The number of carbonyl (C=O) groups excluding carboxylic acids is 1. The number of nitrogens with two attached hydrogens (primary N) is 1. The van der Waals surface area contributed by atoms with Gasteiger partial charge in [0, 0.05) is 11.4 Å². The van der Waals surface area contributed by atoms with Crippen LogP contribution in [0.15, 0.2) is 42.5 Å². The van der Waals surface area contributed by atoms with Gasteiger partial charge >= 0.3 is 0 Å². The van der Waals surface area contributed by atoms with Gasteiger partial charge in [0.25, 0.3) is 0 Å². The number of hydrogen-bond donors (Lipinski definition) is 1. The van der Waals surface area contributed by atoms with Gasteiger partial charge in [-0.1, -0.05) is 18.2 Å². The van der Waals surface area contributed by atoms with E-state index in [4.69, 9.17) is 5.73 Å². The summed E-state index contributed by atoms with van der Waals surface area (Å²) in [5, 5.41) is 0.0487.